The standard InChI is InChI=1S/C13H7Cl3INO/c14-7-1-4-12(11(16)5-7)18-13(19)9-6-8(17)2-3-10(9)15/h1-6H,(H,18,19). The molecule has 1 amide bonds. The van der Waals surface area contributed by atoms with E-state index in [-0.39, 0.29) is 5.91 Å². The van der Waals surface area contributed by atoms with Gasteiger partial charge in [0, 0.05) is 8.59 Å². The van der Waals surface area contributed by atoms with E-state index in [0.717, 1.165) is 3.57 Å². The Hall–Kier alpha value is -0.490. The van der Waals surface area contributed by atoms with E-state index in [1.54, 1.807) is 30.3 Å². The van der Waals surface area contributed by atoms with Gasteiger partial charge in [-0.1, -0.05) is 34.8 Å². The molecular weight excluding hydrogens is 419 g/mol. The first-order valence-corrected chi connectivity index (χ1v) is 7.40. The summed E-state index contributed by atoms with van der Waals surface area (Å²) in [5.41, 5.74) is 0.894. The van der Waals surface area contributed by atoms with Crippen LogP contribution in [0.3, 0.4) is 0 Å². The van der Waals surface area contributed by atoms with Crippen LogP contribution in [0.1, 0.15) is 10.4 Å². The van der Waals surface area contributed by atoms with Crippen molar-refractivity contribution >= 4 is 69.0 Å². The summed E-state index contributed by atoms with van der Waals surface area (Å²) in [6.45, 7) is 0. The van der Waals surface area contributed by atoms with Gasteiger partial charge >= 0.3 is 0 Å². The lowest BCUT2D eigenvalue weighted by Crippen LogP contribution is -2.13. The minimum Gasteiger partial charge on any atom is -0.321 e. The molecule has 0 atom stereocenters. The molecule has 0 fully saturated rings. The molecule has 0 bridgehead atoms. The highest BCUT2D eigenvalue weighted by atomic mass is 127. The van der Waals surface area contributed by atoms with E-state index >= 15 is 0 Å². The summed E-state index contributed by atoms with van der Waals surface area (Å²) < 4.78 is 0.925. The molecule has 2 aromatic carbocycles. The van der Waals surface area contributed by atoms with Gasteiger partial charge in [-0.15, -0.1) is 0 Å². The van der Waals surface area contributed by atoms with E-state index < -0.39 is 0 Å². The first-order valence-electron chi connectivity index (χ1n) is 5.19. The maximum absolute atomic E-state index is 12.1. The van der Waals surface area contributed by atoms with Crippen LogP contribution in [0.4, 0.5) is 5.69 Å². The highest BCUT2D eigenvalue weighted by molar-refractivity contribution is 14.1. The Bertz CT molecular complexity index is 646. The number of carbonyl (C=O) groups is 1. The van der Waals surface area contributed by atoms with E-state index in [0.29, 0.717) is 26.3 Å². The molecule has 0 radical (unpaired) electrons. The van der Waals surface area contributed by atoms with Crippen LogP contribution in [0.5, 0.6) is 0 Å². The van der Waals surface area contributed by atoms with Gasteiger partial charge in [-0.05, 0) is 59.0 Å². The molecule has 0 unspecified atom stereocenters. The molecule has 19 heavy (non-hydrogen) atoms. The van der Waals surface area contributed by atoms with E-state index in [4.69, 9.17) is 34.8 Å². The van der Waals surface area contributed by atoms with Crippen LogP contribution in [0.25, 0.3) is 0 Å². The van der Waals surface area contributed by atoms with Crippen molar-refractivity contribution in [1.29, 1.82) is 0 Å². The van der Waals surface area contributed by atoms with Crippen molar-refractivity contribution in [2.75, 3.05) is 5.32 Å². The maximum Gasteiger partial charge on any atom is 0.257 e. The Morgan fingerprint density at radius 3 is 2.42 bits per heavy atom. The van der Waals surface area contributed by atoms with Crippen LogP contribution in [0, 0.1) is 3.57 Å². The van der Waals surface area contributed by atoms with Crippen molar-refractivity contribution in [3.05, 3.63) is 60.6 Å². The Balaban J connectivity index is 2.28. The third-order valence-corrected chi connectivity index (χ3v) is 3.90. The quantitative estimate of drug-likeness (QED) is 0.631. The lowest BCUT2D eigenvalue weighted by atomic mass is 10.2. The molecule has 6 heteroatoms. The monoisotopic (exact) mass is 425 g/mol. The van der Waals surface area contributed by atoms with Gasteiger partial charge in [0.2, 0.25) is 0 Å². The van der Waals surface area contributed by atoms with Crippen LogP contribution in [-0.4, -0.2) is 5.91 Å². The molecule has 1 N–H and O–H groups in total. The third-order valence-electron chi connectivity index (χ3n) is 2.35. The van der Waals surface area contributed by atoms with Crippen LogP contribution < -0.4 is 5.32 Å². The highest BCUT2D eigenvalue weighted by Crippen LogP contribution is 2.27. The van der Waals surface area contributed by atoms with Crippen LogP contribution in [0.2, 0.25) is 15.1 Å². The minimum atomic E-state index is -0.312. The number of hydrogen-bond donors (Lipinski definition) is 1. The maximum atomic E-state index is 12.1. The van der Waals surface area contributed by atoms with Crippen molar-refractivity contribution in [2.24, 2.45) is 0 Å². The summed E-state index contributed by atoms with van der Waals surface area (Å²) >= 11 is 19.9. The molecule has 0 aliphatic heterocycles. The van der Waals surface area contributed by atoms with Crippen molar-refractivity contribution in [3.8, 4) is 0 Å². The van der Waals surface area contributed by atoms with Crippen LogP contribution >= 0.6 is 57.4 Å². The topological polar surface area (TPSA) is 29.1 Å². The predicted molar refractivity (Wildman–Crippen MR) is 88.6 cm³/mol. The molecule has 2 nitrogen and oxygen atoms in total. The van der Waals surface area contributed by atoms with Crippen molar-refractivity contribution < 1.29 is 4.79 Å². The second-order valence-corrected chi connectivity index (χ2v) is 6.20. The van der Waals surface area contributed by atoms with E-state index in [2.05, 4.69) is 27.9 Å². The molecular formula is C13H7Cl3INO. The number of anilines is 1. The summed E-state index contributed by atoms with van der Waals surface area (Å²) in [6, 6.07) is 10.1. The fraction of sp³-hybridized carbons (Fsp3) is 0. The molecule has 0 aliphatic carbocycles. The van der Waals surface area contributed by atoms with Gasteiger partial charge in [0.05, 0.1) is 21.3 Å². The Morgan fingerprint density at radius 2 is 1.74 bits per heavy atom. The zero-order chi connectivity index (χ0) is 14.0. The van der Waals surface area contributed by atoms with Crippen molar-refractivity contribution in [1.82, 2.24) is 0 Å². The van der Waals surface area contributed by atoms with E-state index in [9.17, 15) is 4.79 Å². The van der Waals surface area contributed by atoms with Gasteiger partial charge in [-0.25, -0.2) is 0 Å². The molecule has 0 saturated carbocycles. The Labute approximate surface area is 139 Å². The first kappa shape index (κ1) is 14.9. The number of halogens is 4. The number of nitrogens with one attached hydrogen (secondary N) is 1. The smallest absolute Gasteiger partial charge is 0.257 e. The third kappa shape index (κ3) is 3.75. The minimum absolute atomic E-state index is 0.312. The highest BCUT2D eigenvalue weighted by Gasteiger charge is 2.12. The average molecular weight is 426 g/mol. The second kappa shape index (κ2) is 6.31. The largest absolute Gasteiger partial charge is 0.321 e. The molecule has 0 heterocycles. The van der Waals surface area contributed by atoms with Gasteiger partial charge in [-0.3, -0.25) is 4.79 Å². The van der Waals surface area contributed by atoms with Crippen LogP contribution in [0.15, 0.2) is 36.4 Å². The predicted octanol–water partition coefficient (Wildman–Crippen LogP) is 5.50. The van der Waals surface area contributed by atoms with Gasteiger partial charge < -0.3 is 5.32 Å². The van der Waals surface area contributed by atoms with Crippen LogP contribution in [-0.2, 0) is 0 Å². The summed E-state index contributed by atoms with van der Waals surface area (Å²) in [5, 5.41) is 3.98. The van der Waals surface area contributed by atoms with Crippen molar-refractivity contribution in [3.63, 3.8) is 0 Å². The second-order valence-electron chi connectivity index (χ2n) is 3.70. The van der Waals surface area contributed by atoms with Gasteiger partial charge in [0.15, 0.2) is 0 Å². The molecule has 0 aliphatic rings. The summed E-state index contributed by atoms with van der Waals surface area (Å²) in [5.74, 6) is -0.312. The van der Waals surface area contributed by atoms with Gasteiger partial charge in [-0.2, -0.15) is 0 Å². The van der Waals surface area contributed by atoms with E-state index in [1.807, 2.05) is 6.07 Å². The van der Waals surface area contributed by atoms with Gasteiger partial charge in [0.25, 0.3) is 5.91 Å². The Morgan fingerprint density at radius 1 is 1.00 bits per heavy atom. The molecule has 0 spiro atoms. The van der Waals surface area contributed by atoms with E-state index in [1.165, 1.54) is 0 Å². The fourth-order valence-electron chi connectivity index (χ4n) is 1.45. The average Bonchev–Trinajstić information content (AvgIpc) is 2.35. The van der Waals surface area contributed by atoms with Crippen molar-refractivity contribution in [2.45, 2.75) is 0 Å². The normalized spacial score (nSPS) is 10.3. The number of rotatable bonds is 2. The van der Waals surface area contributed by atoms with Gasteiger partial charge in [0.1, 0.15) is 0 Å². The number of amides is 1. The number of carbonyl (C=O) groups excluding carboxylic acids is 1. The number of benzene rings is 2. The fourth-order valence-corrected chi connectivity index (χ4v) is 2.60. The molecule has 98 valence electrons. The lowest BCUT2D eigenvalue weighted by Gasteiger charge is -2.09. The zero-order valence-corrected chi connectivity index (χ0v) is 13.8. The molecule has 0 saturated heterocycles. The summed E-state index contributed by atoms with van der Waals surface area (Å²) in [7, 11) is 0. The Kier molecular flexibility index (Phi) is 4.95. The first-order chi connectivity index (χ1) is 8.97. The number of hydrogen-bond acceptors (Lipinski definition) is 1. The summed E-state index contributed by atoms with van der Waals surface area (Å²) in [6.07, 6.45) is 0. The molecule has 0 aromatic heterocycles. The summed E-state index contributed by atoms with van der Waals surface area (Å²) in [4.78, 5) is 12.1. The SMILES string of the molecule is O=C(Nc1ccc(Cl)cc1Cl)c1cc(I)ccc1Cl. The molecule has 2 aromatic rings. The zero-order valence-electron chi connectivity index (χ0n) is 9.38. The lowest BCUT2D eigenvalue weighted by molar-refractivity contribution is 0.102. The molecule has 2 rings (SSSR count).